The molecule has 3 fully saturated rings. The number of carbonyl (C=O) groups excluding carboxylic acids is 2. The minimum atomic E-state index is -0.282. The minimum Gasteiger partial charge on any atom is -0.378 e. The maximum absolute atomic E-state index is 13.6. The number of fused-ring (bicyclic) bond motifs is 1. The second-order valence-corrected chi connectivity index (χ2v) is 10.2. The van der Waals surface area contributed by atoms with E-state index in [2.05, 4.69) is 20.2 Å². The summed E-state index contributed by atoms with van der Waals surface area (Å²) in [5, 5.41) is 3.03. The molecule has 1 aromatic heterocycles. The number of aryl methyl sites for hydroxylation is 1. The van der Waals surface area contributed by atoms with Gasteiger partial charge in [-0.25, -0.2) is 19.8 Å². The molecule has 0 bridgehead atoms. The van der Waals surface area contributed by atoms with Gasteiger partial charge in [0.15, 0.2) is 0 Å². The number of urea groups is 1. The Morgan fingerprint density at radius 3 is 2.40 bits per heavy atom. The van der Waals surface area contributed by atoms with E-state index in [1.807, 2.05) is 13.0 Å². The van der Waals surface area contributed by atoms with Crippen LogP contribution in [0.4, 0.5) is 16.4 Å². The summed E-state index contributed by atoms with van der Waals surface area (Å²) in [5.74, 6) is 1.32. The summed E-state index contributed by atoms with van der Waals surface area (Å²) in [6.07, 6.45) is 4.09. The lowest BCUT2D eigenvalue weighted by atomic mass is 9.92. The Morgan fingerprint density at radius 1 is 1.00 bits per heavy atom. The summed E-state index contributed by atoms with van der Waals surface area (Å²) in [4.78, 5) is 50.3. The van der Waals surface area contributed by atoms with Crippen LogP contribution in [-0.2, 0) is 9.47 Å². The molecule has 0 aliphatic carbocycles. The van der Waals surface area contributed by atoms with Crippen LogP contribution in [0.25, 0.3) is 0 Å². The Hall–Kier alpha value is -4.10. The Kier molecular flexibility index (Phi) is 7.30. The number of guanidine groups is 1. The van der Waals surface area contributed by atoms with Crippen molar-refractivity contribution in [1.82, 2.24) is 24.7 Å². The molecule has 5 heterocycles. The van der Waals surface area contributed by atoms with Crippen LogP contribution < -0.4 is 11.1 Å². The van der Waals surface area contributed by atoms with Gasteiger partial charge in [0.2, 0.25) is 11.9 Å². The van der Waals surface area contributed by atoms with E-state index in [4.69, 9.17) is 25.2 Å². The number of amides is 3. The molecule has 13 nitrogen and oxygen atoms in total. The fourth-order valence-corrected chi connectivity index (χ4v) is 5.50. The van der Waals surface area contributed by atoms with Crippen molar-refractivity contribution >= 4 is 35.4 Å². The normalized spacial score (nSPS) is 22.9. The number of carbonyl (C=O) groups is 2. The van der Waals surface area contributed by atoms with Gasteiger partial charge in [0.25, 0.3) is 5.91 Å². The van der Waals surface area contributed by atoms with Gasteiger partial charge in [0, 0.05) is 67.8 Å². The molecule has 0 radical (unpaired) electrons. The fourth-order valence-electron chi connectivity index (χ4n) is 5.50. The van der Waals surface area contributed by atoms with Gasteiger partial charge in [-0.05, 0) is 37.1 Å². The van der Waals surface area contributed by atoms with Crippen molar-refractivity contribution < 1.29 is 19.1 Å². The second kappa shape index (κ2) is 11.2. The molecule has 1 aromatic carbocycles. The van der Waals surface area contributed by atoms with Gasteiger partial charge >= 0.3 is 6.03 Å². The number of ether oxygens (including phenoxy) is 2. The standard InChI is InChI=1S/C27H33N9O4/c1-17-14-18(24(37)34-6-10-39-11-7-34)2-3-21(17)31-27(38)36-5-4-20-22(19-15-29-25(28)30-16-19)32-26(33-23(20)36)35-8-12-40-13-9-35/h2-3,14-16,20,22H,4-13H2,1H3,(H,31,38)(H2,28,29,30). The molecule has 2 aromatic rings. The summed E-state index contributed by atoms with van der Waals surface area (Å²) < 4.78 is 10.9. The number of morpholine rings is 2. The third-order valence-corrected chi connectivity index (χ3v) is 7.71. The zero-order chi connectivity index (χ0) is 27.6. The highest BCUT2D eigenvalue weighted by Crippen LogP contribution is 2.38. The Morgan fingerprint density at radius 2 is 1.70 bits per heavy atom. The first kappa shape index (κ1) is 26.1. The van der Waals surface area contributed by atoms with Crippen LogP contribution in [0.1, 0.15) is 33.9 Å². The molecule has 3 N–H and O–H groups in total. The molecule has 210 valence electrons. The van der Waals surface area contributed by atoms with Crippen LogP contribution in [0.3, 0.4) is 0 Å². The lowest BCUT2D eigenvalue weighted by Gasteiger charge is -2.33. The Balaban J connectivity index is 1.22. The summed E-state index contributed by atoms with van der Waals surface area (Å²) in [5.41, 5.74) is 8.60. The second-order valence-electron chi connectivity index (χ2n) is 10.2. The number of likely N-dealkylation sites (tertiary alicyclic amines) is 1. The summed E-state index contributed by atoms with van der Waals surface area (Å²) >= 11 is 0. The van der Waals surface area contributed by atoms with E-state index in [0.717, 1.165) is 11.1 Å². The van der Waals surface area contributed by atoms with E-state index in [1.54, 1.807) is 34.3 Å². The number of nitrogens with one attached hydrogen (secondary N) is 1. The predicted octanol–water partition coefficient (Wildman–Crippen LogP) is 1.54. The van der Waals surface area contributed by atoms with Crippen molar-refractivity contribution in [1.29, 1.82) is 0 Å². The number of nitrogens with zero attached hydrogens (tertiary/aromatic N) is 7. The van der Waals surface area contributed by atoms with Crippen molar-refractivity contribution in [2.24, 2.45) is 15.9 Å². The smallest absolute Gasteiger partial charge is 0.327 e. The Labute approximate surface area is 232 Å². The number of hydrogen-bond acceptors (Lipinski definition) is 10. The number of anilines is 2. The van der Waals surface area contributed by atoms with E-state index in [0.29, 0.717) is 88.6 Å². The van der Waals surface area contributed by atoms with Gasteiger partial charge in [0.05, 0.1) is 32.5 Å². The molecule has 13 heteroatoms. The third-order valence-electron chi connectivity index (χ3n) is 7.71. The fraction of sp³-hybridized carbons (Fsp3) is 0.481. The van der Waals surface area contributed by atoms with Crippen molar-refractivity contribution in [3.05, 3.63) is 47.3 Å². The van der Waals surface area contributed by atoms with Gasteiger partial charge in [-0.3, -0.25) is 9.69 Å². The summed E-state index contributed by atoms with van der Waals surface area (Å²) in [7, 11) is 0. The zero-order valence-electron chi connectivity index (χ0n) is 22.5. The molecule has 0 spiro atoms. The van der Waals surface area contributed by atoms with Gasteiger partial charge in [-0.15, -0.1) is 0 Å². The number of hydrogen-bond donors (Lipinski definition) is 2. The monoisotopic (exact) mass is 547 g/mol. The highest BCUT2D eigenvalue weighted by molar-refractivity contribution is 6.10. The largest absolute Gasteiger partial charge is 0.378 e. The van der Waals surface area contributed by atoms with Crippen LogP contribution >= 0.6 is 0 Å². The lowest BCUT2D eigenvalue weighted by molar-refractivity contribution is 0.0303. The van der Waals surface area contributed by atoms with Crippen LogP contribution in [0, 0.1) is 12.8 Å². The molecule has 3 saturated heterocycles. The Bertz CT molecular complexity index is 1330. The number of nitrogens with two attached hydrogens (primary N) is 1. The average Bonchev–Trinajstić information content (AvgIpc) is 3.43. The number of rotatable bonds is 3. The van der Waals surface area contributed by atoms with Crippen molar-refractivity contribution in [2.75, 3.05) is 70.2 Å². The average molecular weight is 548 g/mol. The first-order valence-corrected chi connectivity index (χ1v) is 13.6. The predicted molar refractivity (Wildman–Crippen MR) is 148 cm³/mol. The van der Waals surface area contributed by atoms with Gasteiger partial charge < -0.3 is 30.3 Å². The van der Waals surface area contributed by atoms with Crippen molar-refractivity contribution in [3.63, 3.8) is 0 Å². The molecule has 4 aliphatic heterocycles. The van der Waals surface area contributed by atoms with Crippen LogP contribution in [-0.4, -0.2) is 108 Å². The zero-order valence-corrected chi connectivity index (χ0v) is 22.5. The molecule has 0 saturated carbocycles. The minimum absolute atomic E-state index is 0.0316. The number of aromatic nitrogens is 2. The molecular weight excluding hydrogens is 514 g/mol. The van der Waals surface area contributed by atoms with Gasteiger partial charge in [0.1, 0.15) is 5.84 Å². The van der Waals surface area contributed by atoms with Crippen LogP contribution in [0.15, 0.2) is 40.6 Å². The molecule has 6 rings (SSSR count). The number of amidine groups is 1. The van der Waals surface area contributed by atoms with E-state index in [-0.39, 0.29) is 29.8 Å². The van der Waals surface area contributed by atoms with Crippen LogP contribution in [0.2, 0.25) is 0 Å². The quantitative estimate of drug-likeness (QED) is 0.587. The van der Waals surface area contributed by atoms with E-state index in [1.165, 1.54) is 0 Å². The number of aliphatic imine (C=N–C) groups is 2. The highest BCUT2D eigenvalue weighted by Gasteiger charge is 2.43. The molecule has 3 amide bonds. The SMILES string of the molecule is Cc1cc(C(=O)N2CCOCC2)ccc1NC(=O)N1CCC2C1=NC(N1CCOCC1)=NC2c1cnc(N)nc1. The third kappa shape index (κ3) is 5.21. The van der Waals surface area contributed by atoms with E-state index >= 15 is 0 Å². The maximum Gasteiger partial charge on any atom is 0.327 e. The first-order chi connectivity index (χ1) is 19.5. The van der Waals surface area contributed by atoms with E-state index in [9.17, 15) is 9.59 Å². The van der Waals surface area contributed by atoms with Crippen molar-refractivity contribution in [2.45, 2.75) is 19.4 Å². The topological polar surface area (TPSA) is 151 Å². The lowest BCUT2D eigenvalue weighted by Crippen LogP contribution is -2.45. The molecular formula is C27H33N9O4. The van der Waals surface area contributed by atoms with E-state index < -0.39 is 0 Å². The molecule has 40 heavy (non-hydrogen) atoms. The molecule has 2 unspecified atom stereocenters. The molecule has 4 aliphatic rings. The van der Waals surface area contributed by atoms with Gasteiger partial charge in [-0.1, -0.05) is 0 Å². The summed E-state index contributed by atoms with van der Waals surface area (Å²) in [6, 6.07) is 4.81. The number of nitrogen functional groups attached to an aromatic ring is 1. The number of benzene rings is 1. The van der Waals surface area contributed by atoms with Crippen LogP contribution in [0.5, 0.6) is 0 Å². The van der Waals surface area contributed by atoms with Crippen molar-refractivity contribution in [3.8, 4) is 0 Å². The van der Waals surface area contributed by atoms with Gasteiger partial charge in [-0.2, -0.15) is 4.99 Å². The summed E-state index contributed by atoms with van der Waals surface area (Å²) in [6.45, 7) is 7.16. The maximum atomic E-state index is 13.6. The highest BCUT2D eigenvalue weighted by atomic mass is 16.5. The first-order valence-electron chi connectivity index (χ1n) is 13.6. The molecule has 2 atom stereocenters.